The molecule has 1 aromatic rings. The van der Waals surface area contributed by atoms with Crippen LogP contribution in [0.15, 0.2) is 23.1 Å². The summed E-state index contributed by atoms with van der Waals surface area (Å²) < 4.78 is 10.3. The SMILES string of the molecule is C=C(C)[C@H]1C[C@@H](/C(C)=C/c2csc(C)n2)OC(=O)O1. The van der Waals surface area contributed by atoms with Gasteiger partial charge in [-0.15, -0.1) is 11.3 Å². The summed E-state index contributed by atoms with van der Waals surface area (Å²) in [6.45, 7) is 9.58. The first kappa shape index (κ1) is 13.8. The maximum absolute atomic E-state index is 11.4. The fourth-order valence-corrected chi connectivity index (χ4v) is 2.47. The molecule has 0 aliphatic carbocycles. The van der Waals surface area contributed by atoms with E-state index in [1.807, 2.05) is 32.2 Å². The van der Waals surface area contributed by atoms with Crippen LogP contribution in [0.4, 0.5) is 4.79 Å². The molecule has 2 heterocycles. The van der Waals surface area contributed by atoms with Crippen LogP contribution in [0.5, 0.6) is 0 Å². The van der Waals surface area contributed by atoms with Crippen LogP contribution >= 0.6 is 11.3 Å². The molecule has 1 aliphatic rings. The summed E-state index contributed by atoms with van der Waals surface area (Å²) in [7, 11) is 0. The number of cyclic esters (lactones) is 2. The highest BCUT2D eigenvalue weighted by atomic mass is 32.1. The lowest BCUT2D eigenvalue weighted by Gasteiger charge is -2.29. The highest BCUT2D eigenvalue weighted by molar-refractivity contribution is 7.09. The Morgan fingerprint density at radius 2 is 2.16 bits per heavy atom. The van der Waals surface area contributed by atoms with E-state index in [0.29, 0.717) is 6.42 Å². The van der Waals surface area contributed by atoms with E-state index in [1.54, 1.807) is 11.3 Å². The molecule has 2 atom stereocenters. The highest BCUT2D eigenvalue weighted by Crippen LogP contribution is 2.26. The summed E-state index contributed by atoms with van der Waals surface area (Å²) in [5.74, 6) is 0. The van der Waals surface area contributed by atoms with Gasteiger partial charge in [-0.2, -0.15) is 0 Å². The molecule has 0 bridgehead atoms. The van der Waals surface area contributed by atoms with Gasteiger partial charge in [0.1, 0.15) is 12.2 Å². The number of nitrogens with zero attached hydrogens (tertiary/aromatic N) is 1. The van der Waals surface area contributed by atoms with Crippen molar-refractivity contribution in [2.75, 3.05) is 0 Å². The molecular weight excluding hydrogens is 262 g/mol. The van der Waals surface area contributed by atoms with E-state index < -0.39 is 6.16 Å². The van der Waals surface area contributed by atoms with Gasteiger partial charge in [0, 0.05) is 11.8 Å². The van der Waals surface area contributed by atoms with E-state index in [4.69, 9.17) is 9.47 Å². The molecular formula is C14H17NO3S. The summed E-state index contributed by atoms with van der Waals surface area (Å²) in [5, 5.41) is 3.00. The number of carbonyl (C=O) groups excluding carboxylic acids is 1. The average Bonchev–Trinajstić information content (AvgIpc) is 2.73. The second kappa shape index (κ2) is 5.57. The molecule has 0 saturated carbocycles. The van der Waals surface area contributed by atoms with Gasteiger partial charge in [0.05, 0.1) is 10.7 Å². The maximum atomic E-state index is 11.4. The molecule has 0 spiro atoms. The largest absolute Gasteiger partial charge is 0.509 e. The van der Waals surface area contributed by atoms with Crippen LogP contribution in [0.2, 0.25) is 0 Å². The Morgan fingerprint density at radius 1 is 1.47 bits per heavy atom. The quantitative estimate of drug-likeness (QED) is 0.625. The zero-order chi connectivity index (χ0) is 14.0. The number of carbonyl (C=O) groups is 1. The number of ether oxygens (including phenoxy) is 2. The smallest absolute Gasteiger partial charge is 0.426 e. The molecule has 0 N–H and O–H groups in total. The number of hydrogen-bond donors (Lipinski definition) is 0. The second-order valence-corrected chi connectivity index (χ2v) is 5.79. The Hall–Kier alpha value is -1.62. The zero-order valence-corrected chi connectivity index (χ0v) is 12.1. The van der Waals surface area contributed by atoms with Gasteiger partial charge in [0.2, 0.25) is 0 Å². The maximum Gasteiger partial charge on any atom is 0.509 e. The topological polar surface area (TPSA) is 48.4 Å². The van der Waals surface area contributed by atoms with Crippen molar-refractivity contribution in [3.63, 3.8) is 0 Å². The van der Waals surface area contributed by atoms with Crippen molar-refractivity contribution in [3.8, 4) is 0 Å². The number of aryl methyl sites for hydroxylation is 1. The van der Waals surface area contributed by atoms with Crippen molar-refractivity contribution in [1.29, 1.82) is 0 Å². The van der Waals surface area contributed by atoms with Crippen molar-refractivity contribution >= 4 is 23.6 Å². The minimum Gasteiger partial charge on any atom is -0.426 e. The summed E-state index contributed by atoms with van der Waals surface area (Å²) in [6.07, 6.45) is 1.37. The van der Waals surface area contributed by atoms with E-state index in [1.165, 1.54) is 0 Å². The number of aromatic nitrogens is 1. The lowest BCUT2D eigenvalue weighted by atomic mass is 9.99. The average molecular weight is 279 g/mol. The molecule has 4 nitrogen and oxygen atoms in total. The first-order chi connectivity index (χ1) is 8.95. The van der Waals surface area contributed by atoms with Crippen molar-refractivity contribution in [1.82, 2.24) is 4.98 Å². The third-order valence-corrected chi connectivity index (χ3v) is 3.77. The predicted octanol–water partition coefficient (Wildman–Crippen LogP) is 3.73. The molecule has 19 heavy (non-hydrogen) atoms. The summed E-state index contributed by atoms with van der Waals surface area (Å²) in [4.78, 5) is 15.8. The van der Waals surface area contributed by atoms with Gasteiger partial charge in [-0.25, -0.2) is 9.78 Å². The molecule has 1 aromatic heterocycles. The van der Waals surface area contributed by atoms with E-state index in [-0.39, 0.29) is 12.2 Å². The van der Waals surface area contributed by atoms with Crippen molar-refractivity contribution in [2.24, 2.45) is 0 Å². The van der Waals surface area contributed by atoms with Gasteiger partial charge in [-0.1, -0.05) is 6.58 Å². The van der Waals surface area contributed by atoms with Crippen molar-refractivity contribution in [3.05, 3.63) is 33.8 Å². The Labute approximate surface area is 116 Å². The van der Waals surface area contributed by atoms with Gasteiger partial charge in [0.15, 0.2) is 0 Å². The number of rotatable bonds is 3. The zero-order valence-electron chi connectivity index (χ0n) is 11.3. The van der Waals surface area contributed by atoms with E-state index in [2.05, 4.69) is 11.6 Å². The van der Waals surface area contributed by atoms with Crippen LogP contribution in [0, 0.1) is 6.92 Å². The lowest BCUT2D eigenvalue weighted by Crippen LogP contribution is -2.35. The third-order valence-electron chi connectivity index (χ3n) is 2.97. The third kappa shape index (κ3) is 3.44. The van der Waals surface area contributed by atoms with E-state index >= 15 is 0 Å². The lowest BCUT2D eigenvalue weighted by molar-refractivity contribution is -0.0359. The molecule has 0 radical (unpaired) electrons. The van der Waals surface area contributed by atoms with Gasteiger partial charge in [-0.3, -0.25) is 0 Å². The Balaban J connectivity index is 2.13. The van der Waals surface area contributed by atoms with E-state index in [9.17, 15) is 4.79 Å². The fraction of sp³-hybridized carbons (Fsp3) is 0.429. The summed E-state index contributed by atoms with van der Waals surface area (Å²) in [6, 6.07) is 0. The first-order valence-corrected chi connectivity index (χ1v) is 6.96. The molecule has 1 aliphatic heterocycles. The van der Waals surface area contributed by atoms with Gasteiger partial charge >= 0.3 is 6.16 Å². The van der Waals surface area contributed by atoms with Crippen LogP contribution in [0.1, 0.15) is 31.0 Å². The summed E-state index contributed by atoms with van der Waals surface area (Å²) >= 11 is 1.60. The van der Waals surface area contributed by atoms with Crippen molar-refractivity contribution < 1.29 is 14.3 Å². The number of hydrogen-bond acceptors (Lipinski definition) is 5. The molecule has 1 saturated heterocycles. The van der Waals surface area contributed by atoms with Crippen LogP contribution < -0.4 is 0 Å². The molecule has 1 fully saturated rings. The minimum absolute atomic E-state index is 0.272. The molecule has 0 aromatic carbocycles. The molecule has 0 unspecified atom stereocenters. The fourth-order valence-electron chi connectivity index (χ4n) is 1.90. The van der Waals surface area contributed by atoms with Crippen LogP contribution in [0.3, 0.4) is 0 Å². The normalized spacial score (nSPS) is 23.7. The Kier molecular flexibility index (Phi) is 4.04. The molecule has 0 amide bonds. The van der Waals surface area contributed by atoms with Gasteiger partial charge < -0.3 is 9.47 Å². The predicted molar refractivity (Wildman–Crippen MR) is 75.1 cm³/mol. The molecule has 5 heteroatoms. The van der Waals surface area contributed by atoms with E-state index in [0.717, 1.165) is 21.8 Å². The Morgan fingerprint density at radius 3 is 2.74 bits per heavy atom. The van der Waals surface area contributed by atoms with Crippen LogP contribution in [-0.4, -0.2) is 23.3 Å². The monoisotopic (exact) mass is 279 g/mol. The number of thiazole rings is 1. The van der Waals surface area contributed by atoms with Crippen LogP contribution in [-0.2, 0) is 9.47 Å². The standard InChI is InChI=1S/C14H17NO3S/c1-8(2)12-6-13(18-14(16)17-12)9(3)5-11-7-19-10(4)15-11/h5,7,12-13H,1,6H2,2-4H3/b9-5+/t12-,13+/m1/s1. The second-order valence-electron chi connectivity index (χ2n) is 4.72. The highest BCUT2D eigenvalue weighted by Gasteiger charge is 2.31. The van der Waals surface area contributed by atoms with Gasteiger partial charge in [0.25, 0.3) is 0 Å². The molecule has 102 valence electrons. The minimum atomic E-state index is -0.633. The van der Waals surface area contributed by atoms with Gasteiger partial charge in [-0.05, 0) is 38.0 Å². The van der Waals surface area contributed by atoms with Crippen LogP contribution in [0.25, 0.3) is 6.08 Å². The van der Waals surface area contributed by atoms with Crippen molar-refractivity contribution in [2.45, 2.75) is 39.4 Å². The first-order valence-electron chi connectivity index (χ1n) is 6.08. The Bertz CT molecular complexity index is 533. The molecule has 2 rings (SSSR count). The summed E-state index contributed by atoms with van der Waals surface area (Å²) in [5.41, 5.74) is 2.70.